The van der Waals surface area contributed by atoms with Crippen LogP contribution in [0, 0.1) is 5.39 Å². The van der Waals surface area contributed by atoms with Crippen molar-refractivity contribution in [2.24, 2.45) is 0 Å². The predicted octanol–water partition coefficient (Wildman–Crippen LogP) is 0.177. The zero-order valence-electron chi connectivity index (χ0n) is 4.55. The Balaban J connectivity index is 2.66. The number of hydrogen-bond acceptors (Lipinski definition) is 3. The van der Waals surface area contributed by atoms with Crippen LogP contribution in [0.25, 0.3) is 4.98 Å². The van der Waals surface area contributed by atoms with E-state index in [1.807, 2.05) is 6.92 Å². The second-order valence-electron chi connectivity index (χ2n) is 1.68. The summed E-state index contributed by atoms with van der Waals surface area (Å²) in [6.45, 7) is 1.89. The van der Waals surface area contributed by atoms with E-state index in [0.29, 0.717) is 5.70 Å². The van der Waals surface area contributed by atoms with Gasteiger partial charge in [-0.2, -0.15) is 0 Å². The summed E-state index contributed by atoms with van der Waals surface area (Å²) >= 11 is 0. The summed E-state index contributed by atoms with van der Waals surface area (Å²) in [4.78, 5) is 3.00. The van der Waals surface area contributed by atoms with E-state index >= 15 is 0 Å². The van der Waals surface area contributed by atoms with E-state index in [4.69, 9.17) is 5.39 Å². The Morgan fingerprint density at radius 2 is 2.62 bits per heavy atom. The Hall–Kier alpha value is -1.08. The Labute approximate surface area is 47.2 Å². The summed E-state index contributed by atoms with van der Waals surface area (Å²) in [5.74, 6) is 0. The molecule has 4 heteroatoms. The maximum Gasteiger partial charge on any atom is 0.396 e. The van der Waals surface area contributed by atoms with Crippen LogP contribution in [-0.4, -0.2) is 6.04 Å². The van der Waals surface area contributed by atoms with E-state index in [2.05, 4.69) is 15.8 Å². The molecular formula is C4H7N4+. The summed E-state index contributed by atoms with van der Waals surface area (Å²) in [6.07, 6.45) is 1.62. The number of rotatable bonds is 0. The number of diazo groups is 1. The molecule has 1 aliphatic heterocycles. The van der Waals surface area contributed by atoms with Crippen LogP contribution in [0.4, 0.5) is 0 Å². The predicted molar refractivity (Wildman–Crippen MR) is 28.9 cm³/mol. The number of nitrogens with zero attached hydrogens (tertiary/aromatic N) is 2. The molecule has 1 heterocycles. The minimum Gasteiger partial charge on any atom is -0.321 e. The highest BCUT2D eigenvalue weighted by Crippen LogP contribution is 2.04. The van der Waals surface area contributed by atoms with E-state index < -0.39 is 0 Å². The molecule has 8 heavy (non-hydrogen) atoms. The molecule has 0 aliphatic carbocycles. The van der Waals surface area contributed by atoms with Gasteiger partial charge in [-0.1, -0.05) is 0 Å². The average molecular weight is 111 g/mol. The van der Waals surface area contributed by atoms with E-state index in [-0.39, 0.29) is 6.04 Å². The highest BCUT2D eigenvalue weighted by Gasteiger charge is 2.24. The fourth-order valence-electron chi connectivity index (χ4n) is 0.555. The van der Waals surface area contributed by atoms with Crippen molar-refractivity contribution in [1.82, 2.24) is 10.9 Å². The van der Waals surface area contributed by atoms with Gasteiger partial charge < -0.3 is 5.43 Å². The van der Waals surface area contributed by atoms with Gasteiger partial charge in [0.15, 0.2) is 4.98 Å². The van der Waals surface area contributed by atoms with Crippen LogP contribution in [0.3, 0.4) is 0 Å². The number of hydrogen-bond donors (Lipinski definition) is 2. The van der Waals surface area contributed by atoms with Crippen LogP contribution in [0.2, 0.25) is 0 Å². The monoisotopic (exact) mass is 111 g/mol. The van der Waals surface area contributed by atoms with Gasteiger partial charge in [0.1, 0.15) is 12.2 Å². The van der Waals surface area contributed by atoms with Crippen molar-refractivity contribution in [3.63, 3.8) is 0 Å². The molecule has 0 spiro atoms. The molecule has 0 bridgehead atoms. The first-order valence-electron chi connectivity index (χ1n) is 2.41. The topological polar surface area (TPSA) is 52.2 Å². The number of hydrazine groups is 1. The van der Waals surface area contributed by atoms with Gasteiger partial charge in [0.2, 0.25) is 5.39 Å². The molecule has 42 valence electrons. The summed E-state index contributed by atoms with van der Waals surface area (Å²) in [5, 5.41) is 8.21. The fourth-order valence-corrected chi connectivity index (χ4v) is 0.555. The van der Waals surface area contributed by atoms with Gasteiger partial charge >= 0.3 is 5.70 Å². The standard InChI is InChI=1S/C4H6N4/c1-3-4(7-5)2-6-8-3/h2-3,5H,1H3/p+1. The highest BCUT2D eigenvalue weighted by molar-refractivity contribution is 5.17. The minimum absolute atomic E-state index is 0.111. The first-order valence-corrected chi connectivity index (χ1v) is 2.41. The summed E-state index contributed by atoms with van der Waals surface area (Å²) in [6, 6.07) is 0.111. The minimum atomic E-state index is 0.111. The van der Waals surface area contributed by atoms with Gasteiger partial charge in [0.25, 0.3) is 0 Å². The Kier molecular flexibility index (Phi) is 1.14. The molecular weight excluding hydrogens is 104 g/mol. The lowest BCUT2D eigenvalue weighted by Crippen LogP contribution is -2.28. The van der Waals surface area contributed by atoms with Gasteiger partial charge in [-0.25, -0.2) is 5.43 Å². The van der Waals surface area contributed by atoms with Crippen LogP contribution >= 0.6 is 0 Å². The molecule has 0 saturated heterocycles. The fraction of sp³-hybridized carbons (Fsp3) is 0.500. The molecule has 0 aromatic heterocycles. The van der Waals surface area contributed by atoms with Crippen molar-refractivity contribution in [3.05, 3.63) is 16.9 Å². The van der Waals surface area contributed by atoms with Crippen LogP contribution in [0.5, 0.6) is 0 Å². The molecule has 0 aromatic carbocycles. The molecule has 1 rings (SSSR count). The van der Waals surface area contributed by atoms with Crippen molar-refractivity contribution in [2.75, 3.05) is 0 Å². The highest BCUT2D eigenvalue weighted by atomic mass is 15.4. The lowest BCUT2D eigenvalue weighted by Gasteiger charge is -1.92. The molecule has 2 N–H and O–H groups in total. The van der Waals surface area contributed by atoms with Crippen LogP contribution in [0.1, 0.15) is 6.92 Å². The van der Waals surface area contributed by atoms with Gasteiger partial charge in [0.05, 0.1) is 0 Å². The van der Waals surface area contributed by atoms with Gasteiger partial charge in [0, 0.05) is 0 Å². The Morgan fingerprint density at radius 1 is 1.88 bits per heavy atom. The van der Waals surface area contributed by atoms with Crippen molar-refractivity contribution in [1.29, 1.82) is 5.39 Å². The average Bonchev–Trinajstić information content (AvgIpc) is 2.14. The van der Waals surface area contributed by atoms with E-state index in [0.717, 1.165) is 0 Å². The van der Waals surface area contributed by atoms with E-state index in [9.17, 15) is 0 Å². The van der Waals surface area contributed by atoms with Crippen LogP contribution in [0.15, 0.2) is 11.9 Å². The number of nitrogens with one attached hydrogen (secondary N) is 2. The van der Waals surface area contributed by atoms with E-state index in [1.165, 1.54) is 0 Å². The molecule has 4 nitrogen and oxygen atoms in total. The summed E-state index contributed by atoms with van der Waals surface area (Å²) < 4.78 is 0. The Bertz CT molecular complexity index is 154. The first kappa shape index (κ1) is 5.06. The SMILES string of the molecule is CC1NNC=C1[N+]#N. The van der Waals surface area contributed by atoms with Crippen molar-refractivity contribution < 1.29 is 0 Å². The lowest BCUT2D eigenvalue weighted by atomic mass is 10.3. The molecule has 1 aliphatic rings. The third-order valence-electron chi connectivity index (χ3n) is 1.08. The van der Waals surface area contributed by atoms with Gasteiger partial charge in [-0.05, 0) is 6.92 Å². The van der Waals surface area contributed by atoms with Crippen molar-refractivity contribution in [3.8, 4) is 0 Å². The van der Waals surface area contributed by atoms with Gasteiger partial charge in [-0.15, -0.1) is 0 Å². The Morgan fingerprint density at radius 3 is 2.88 bits per heavy atom. The van der Waals surface area contributed by atoms with Crippen molar-refractivity contribution in [2.45, 2.75) is 13.0 Å². The first-order chi connectivity index (χ1) is 3.84. The summed E-state index contributed by atoms with van der Waals surface area (Å²) in [7, 11) is 0. The maximum absolute atomic E-state index is 8.21. The van der Waals surface area contributed by atoms with Gasteiger partial charge in [-0.3, -0.25) is 0 Å². The smallest absolute Gasteiger partial charge is 0.321 e. The molecule has 0 amide bonds. The third-order valence-corrected chi connectivity index (χ3v) is 1.08. The largest absolute Gasteiger partial charge is 0.396 e. The van der Waals surface area contributed by atoms with Crippen molar-refractivity contribution >= 4 is 0 Å². The quantitative estimate of drug-likeness (QED) is 0.438. The second kappa shape index (κ2) is 1.80. The summed E-state index contributed by atoms with van der Waals surface area (Å²) in [5.41, 5.74) is 6.16. The molecule has 0 aromatic rings. The van der Waals surface area contributed by atoms with Crippen LogP contribution in [-0.2, 0) is 0 Å². The normalized spacial score (nSPS) is 26.0. The molecule has 0 fully saturated rings. The molecule has 1 atom stereocenters. The second-order valence-corrected chi connectivity index (χ2v) is 1.68. The molecule has 1 unspecified atom stereocenters. The molecule has 0 saturated carbocycles. The molecule has 0 radical (unpaired) electrons. The zero-order chi connectivity index (χ0) is 5.98. The third kappa shape index (κ3) is 0.634. The zero-order valence-corrected chi connectivity index (χ0v) is 4.55. The lowest BCUT2D eigenvalue weighted by molar-refractivity contribution is 0.612. The maximum atomic E-state index is 8.21. The van der Waals surface area contributed by atoms with Crippen LogP contribution < -0.4 is 10.9 Å². The van der Waals surface area contributed by atoms with E-state index in [1.54, 1.807) is 6.20 Å².